The predicted octanol–water partition coefficient (Wildman–Crippen LogP) is 2.93. The standard InChI is InChI=1S/C8H10ClIN2/c1-5(2)3-7-11-4-6(10)8(9)12-7/h4-5H,3H2,1-2H3. The smallest absolute Gasteiger partial charge is 0.146 e. The molecule has 0 spiro atoms. The van der Waals surface area contributed by atoms with Gasteiger partial charge in [-0.15, -0.1) is 0 Å². The molecule has 0 amide bonds. The molecule has 2 nitrogen and oxygen atoms in total. The van der Waals surface area contributed by atoms with E-state index in [0.717, 1.165) is 15.8 Å². The second kappa shape index (κ2) is 4.37. The Morgan fingerprint density at radius 1 is 1.58 bits per heavy atom. The summed E-state index contributed by atoms with van der Waals surface area (Å²) in [5, 5.41) is 0.557. The number of rotatable bonds is 2. The van der Waals surface area contributed by atoms with Crippen molar-refractivity contribution in [2.75, 3.05) is 0 Å². The topological polar surface area (TPSA) is 25.8 Å². The summed E-state index contributed by atoms with van der Waals surface area (Å²) < 4.78 is 0.904. The van der Waals surface area contributed by atoms with Crippen LogP contribution in [0.5, 0.6) is 0 Å². The maximum atomic E-state index is 5.84. The monoisotopic (exact) mass is 296 g/mol. The minimum absolute atomic E-state index is 0.557. The van der Waals surface area contributed by atoms with Crippen LogP contribution in [0, 0.1) is 9.49 Å². The highest BCUT2D eigenvalue weighted by Crippen LogP contribution is 2.14. The Balaban J connectivity index is 2.82. The van der Waals surface area contributed by atoms with Gasteiger partial charge in [0.2, 0.25) is 0 Å². The molecule has 0 atom stereocenters. The average Bonchev–Trinajstić information content (AvgIpc) is 1.96. The fourth-order valence-electron chi connectivity index (χ4n) is 0.844. The maximum Gasteiger partial charge on any atom is 0.146 e. The fourth-order valence-corrected chi connectivity index (χ4v) is 1.25. The van der Waals surface area contributed by atoms with Gasteiger partial charge in [0.25, 0.3) is 0 Å². The Morgan fingerprint density at radius 2 is 2.25 bits per heavy atom. The Bertz CT molecular complexity index is 276. The van der Waals surface area contributed by atoms with Gasteiger partial charge in [0.1, 0.15) is 11.0 Å². The Morgan fingerprint density at radius 3 is 2.75 bits per heavy atom. The molecule has 0 saturated carbocycles. The van der Waals surface area contributed by atoms with E-state index in [0.29, 0.717) is 11.1 Å². The number of halogens is 2. The second-order valence-corrected chi connectivity index (χ2v) is 4.54. The lowest BCUT2D eigenvalue weighted by atomic mass is 10.1. The van der Waals surface area contributed by atoms with Crippen LogP contribution in [0.25, 0.3) is 0 Å². The lowest BCUT2D eigenvalue weighted by Crippen LogP contribution is -2.01. The summed E-state index contributed by atoms with van der Waals surface area (Å²) in [5.41, 5.74) is 0. The van der Waals surface area contributed by atoms with E-state index in [9.17, 15) is 0 Å². The summed E-state index contributed by atoms with van der Waals surface area (Å²) >= 11 is 7.96. The first kappa shape index (κ1) is 10.2. The van der Waals surface area contributed by atoms with E-state index in [4.69, 9.17) is 11.6 Å². The molecule has 0 fully saturated rings. The summed E-state index contributed by atoms with van der Waals surface area (Å²) in [5.74, 6) is 1.40. The summed E-state index contributed by atoms with van der Waals surface area (Å²) in [6.45, 7) is 4.27. The summed E-state index contributed by atoms with van der Waals surface area (Å²) in [7, 11) is 0. The van der Waals surface area contributed by atoms with E-state index in [1.807, 2.05) is 0 Å². The van der Waals surface area contributed by atoms with Crippen molar-refractivity contribution in [2.24, 2.45) is 5.92 Å². The molecule has 0 bridgehead atoms. The van der Waals surface area contributed by atoms with Gasteiger partial charge in [-0.05, 0) is 28.5 Å². The molecule has 66 valence electrons. The number of nitrogens with zero attached hydrogens (tertiary/aromatic N) is 2. The molecule has 4 heteroatoms. The molecule has 0 aliphatic rings. The van der Waals surface area contributed by atoms with Gasteiger partial charge in [-0.25, -0.2) is 9.97 Å². The fraction of sp³-hybridized carbons (Fsp3) is 0.500. The quantitative estimate of drug-likeness (QED) is 0.619. The first-order valence-corrected chi connectivity index (χ1v) is 5.22. The third kappa shape index (κ3) is 2.86. The molecule has 0 aliphatic carbocycles. The maximum absolute atomic E-state index is 5.84. The van der Waals surface area contributed by atoms with Crippen molar-refractivity contribution in [1.29, 1.82) is 0 Å². The van der Waals surface area contributed by atoms with Crippen molar-refractivity contribution in [1.82, 2.24) is 9.97 Å². The normalized spacial score (nSPS) is 10.8. The molecule has 0 N–H and O–H groups in total. The molecule has 1 aromatic rings. The van der Waals surface area contributed by atoms with Crippen molar-refractivity contribution in [2.45, 2.75) is 20.3 Å². The van der Waals surface area contributed by atoms with Crippen LogP contribution in [0.1, 0.15) is 19.7 Å². The molecule has 0 saturated heterocycles. The Kier molecular flexibility index (Phi) is 3.71. The highest BCUT2D eigenvalue weighted by molar-refractivity contribution is 14.1. The van der Waals surface area contributed by atoms with Gasteiger partial charge in [0, 0.05) is 12.6 Å². The highest BCUT2D eigenvalue weighted by atomic mass is 127. The van der Waals surface area contributed by atoms with Crippen LogP contribution in [0.15, 0.2) is 6.20 Å². The molecule has 0 aromatic carbocycles. The zero-order valence-electron chi connectivity index (χ0n) is 7.01. The van der Waals surface area contributed by atoms with Crippen molar-refractivity contribution in [3.05, 3.63) is 20.7 Å². The first-order chi connectivity index (χ1) is 5.59. The summed E-state index contributed by atoms with van der Waals surface area (Å²) in [6, 6.07) is 0. The van der Waals surface area contributed by atoms with Crippen LogP contribution in [-0.4, -0.2) is 9.97 Å². The van der Waals surface area contributed by atoms with Gasteiger partial charge in [-0.3, -0.25) is 0 Å². The van der Waals surface area contributed by atoms with Crippen molar-refractivity contribution < 1.29 is 0 Å². The number of hydrogen-bond acceptors (Lipinski definition) is 2. The zero-order chi connectivity index (χ0) is 9.14. The van der Waals surface area contributed by atoms with E-state index in [1.54, 1.807) is 6.20 Å². The van der Waals surface area contributed by atoms with Crippen molar-refractivity contribution in [3.8, 4) is 0 Å². The lowest BCUT2D eigenvalue weighted by Gasteiger charge is -2.03. The predicted molar refractivity (Wildman–Crippen MR) is 58.3 cm³/mol. The van der Waals surface area contributed by atoms with Crippen LogP contribution >= 0.6 is 34.2 Å². The van der Waals surface area contributed by atoms with Gasteiger partial charge < -0.3 is 0 Å². The second-order valence-electron chi connectivity index (χ2n) is 3.02. The molecule has 0 radical (unpaired) electrons. The average molecular weight is 297 g/mol. The van der Waals surface area contributed by atoms with Crippen LogP contribution in [0.2, 0.25) is 5.15 Å². The van der Waals surface area contributed by atoms with Crippen LogP contribution in [0.4, 0.5) is 0 Å². The zero-order valence-corrected chi connectivity index (χ0v) is 9.93. The minimum Gasteiger partial charge on any atom is -0.240 e. The molecule has 1 heterocycles. The molecular weight excluding hydrogens is 286 g/mol. The van der Waals surface area contributed by atoms with Gasteiger partial charge in [0.15, 0.2) is 0 Å². The number of aromatic nitrogens is 2. The number of hydrogen-bond donors (Lipinski definition) is 0. The Labute approximate surface area is 90.9 Å². The van der Waals surface area contributed by atoms with Gasteiger partial charge in [-0.2, -0.15) is 0 Å². The molecule has 1 aromatic heterocycles. The van der Waals surface area contributed by atoms with E-state index >= 15 is 0 Å². The van der Waals surface area contributed by atoms with E-state index in [-0.39, 0.29) is 0 Å². The SMILES string of the molecule is CC(C)Cc1ncc(I)c(Cl)n1. The first-order valence-electron chi connectivity index (χ1n) is 3.76. The van der Waals surface area contributed by atoms with Crippen LogP contribution < -0.4 is 0 Å². The lowest BCUT2D eigenvalue weighted by molar-refractivity contribution is 0.620. The molecule has 12 heavy (non-hydrogen) atoms. The van der Waals surface area contributed by atoms with Crippen LogP contribution in [-0.2, 0) is 6.42 Å². The molecule has 0 aliphatic heterocycles. The van der Waals surface area contributed by atoms with Crippen molar-refractivity contribution >= 4 is 34.2 Å². The van der Waals surface area contributed by atoms with Gasteiger partial charge in [0.05, 0.1) is 3.57 Å². The molecular formula is C8H10ClIN2. The largest absolute Gasteiger partial charge is 0.240 e. The summed E-state index contributed by atoms with van der Waals surface area (Å²) in [4.78, 5) is 8.34. The van der Waals surface area contributed by atoms with E-state index < -0.39 is 0 Å². The summed E-state index contributed by atoms with van der Waals surface area (Å²) in [6.07, 6.45) is 2.64. The van der Waals surface area contributed by atoms with Gasteiger partial charge >= 0.3 is 0 Å². The van der Waals surface area contributed by atoms with Gasteiger partial charge in [-0.1, -0.05) is 25.4 Å². The Hall–Kier alpha value is 0.1000. The van der Waals surface area contributed by atoms with E-state index in [2.05, 4.69) is 46.4 Å². The van der Waals surface area contributed by atoms with Crippen molar-refractivity contribution in [3.63, 3.8) is 0 Å². The molecule has 0 unspecified atom stereocenters. The van der Waals surface area contributed by atoms with E-state index in [1.165, 1.54) is 0 Å². The third-order valence-electron chi connectivity index (χ3n) is 1.34. The third-order valence-corrected chi connectivity index (χ3v) is 2.74. The highest BCUT2D eigenvalue weighted by Gasteiger charge is 2.03. The minimum atomic E-state index is 0.557. The molecule has 1 rings (SSSR count). The van der Waals surface area contributed by atoms with Crippen LogP contribution in [0.3, 0.4) is 0 Å².